The lowest BCUT2D eigenvalue weighted by atomic mass is 9.97. The number of carbonyl (C=O) groups is 2. The molecule has 0 bridgehead atoms. The highest BCUT2D eigenvalue weighted by atomic mass is 32.2. The number of nitro benzene ring substituents is 1. The standard InChI is InChI=1S/C19H24N2O6S/c1-4-5-10-26-14-16(22)20-15(19(2,3)28-17(14)20)18(23)27-11-12-6-8-13(9-7-12)21(24)25/h6-9,14-15,17H,4-5,10-11H2,1-3H3/t14-,15+,17-/m1/s1. The molecule has 1 aromatic carbocycles. The van der Waals surface area contributed by atoms with Crippen LogP contribution < -0.4 is 0 Å². The molecule has 2 saturated heterocycles. The number of rotatable bonds is 8. The van der Waals surface area contributed by atoms with Crippen molar-refractivity contribution in [3.05, 3.63) is 39.9 Å². The Hall–Kier alpha value is -2.13. The molecular formula is C19H24N2O6S. The van der Waals surface area contributed by atoms with E-state index in [1.54, 1.807) is 28.8 Å². The Morgan fingerprint density at radius 1 is 1.32 bits per heavy atom. The van der Waals surface area contributed by atoms with Crippen molar-refractivity contribution < 1.29 is 24.0 Å². The highest BCUT2D eigenvalue weighted by molar-refractivity contribution is 8.01. The molecule has 2 aliphatic heterocycles. The van der Waals surface area contributed by atoms with Crippen molar-refractivity contribution >= 4 is 29.3 Å². The quantitative estimate of drug-likeness (QED) is 0.214. The van der Waals surface area contributed by atoms with E-state index in [0.29, 0.717) is 12.2 Å². The molecule has 0 spiro atoms. The second-order valence-corrected chi connectivity index (χ2v) is 9.21. The number of benzene rings is 1. The number of carbonyl (C=O) groups excluding carboxylic acids is 2. The third-order valence-corrected chi connectivity index (χ3v) is 6.49. The van der Waals surface area contributed by atoms with Gasteiger partial charge in [-0.15, -0.1) is 11.8 Å². The summed E-state index contributed by atoms with van der Waals surface area (Å²) in [6.45, 7) is 6.43. The molecular weight excluding hydrogens is 384 g/mol. The van der Waals surface area contributed by atoms with E-state index < -0.39 is 27.8 Å². The van der Waals surface area contributed by atoms with Crippen molar-refractivity contribution in [3.8, 4) is 0 Å². The number of nitrogens with zero attached hydrogens (tertiary/aromatic N) is 2. The summed E-state index contributed by atoms with van der Waals surface area (Å²) in [5.74, 6) is -0.643. The van der Waals surface area contributed by atoms with E-state index in [9.17, 15) is 19.7 Å². The van der Waals surface area contributed by atoms with E-state index in [1.165, 1.54) is 12.1 Å². The van der Waals surface area contributed by atoms with Crippen LogP contribution in [0.2, 0.25) is 0 Å². The van der Waals surface area contributed by atoms with E-state index in [-0.39, 0.29) is 23.6 Å². The Labute approximate surface area is 167 Å². The van der Waals surface area contributed by atoms with Gasteiger partial charge in [-0.05, 0) is 38.0 Å². The summed E-state index contributed by atoms with van der Waals surface area (Å²) in [4.78, 5) is 37.1. The van der Waals surface area contributed by atoms with Gasteiger partial charge in [-0.2, -0.15) is 0 Å². The van der Waals surface area contributed by atoms with Crippen LogP contribution >= 0.6 is 11.8 Å². The average Bonchev–Trinajstić information content (AvgIpc) is 2.91. The van der Waals surface area contributed by atoms with Gasteiger partial charge in [0.1, 0.15) is 18.0 Å². The molecule has 2 heterocycles. The number of fused-ring (bicyclic) bond motifs is 1. The predicted molar refractivity (Wildman–Crippen MR) is 104 cm³/mol. The SMILES string of the molecule is CCCCO[C@@H]1C(=O)N2[C@@H]1SC(C)(C)[C@@H]2C(=O)OCc1ccc([N+](=O)[O-])cc1. The molecule has 1 aromatic rings. The molecule has 28 heavy (non-hydrogen) atoms. The van der Waals surface area contributed by atoms with Gasteiger partial charge in [-0.3, -0.25) is 14.9 Å². The van der Waals surface area contributed by atoms with Crippen LogP contribution in [0.15, 0.2) is 24.3 Å². The maximum atomic E-state index is 12.7. The number of β-lactam (4-membered cyclic amide) rings is 1. The minimum atomic E-state index is -0.681. The van der Waals surface area contributed by atoms with Crippen LogP contribution in [-0.2, 0) is 25.7 Å². The van der Waals surface area contributed by atoms with Crippen molar-refractivity contribution in [3.63, 3.8) is 0 Å². The van der Waals surface area contributed by atoms with Crippen LogP contribution in [0, 0.1) is 10.1 Å². The van der Waals surface area contributed by atoms with Crippen molar-refractivity contribution in [1.29, 1.82) is 0 Å². The summed E-state index contributed by atoms with van der Waals surface area (Å²) in [6, 6.07) is 5.15. The molecule has 3 rings (SSSR count). The first-order valence-corrected chi connectivity index (χ1v) is 10.2. The van der Waals surface area contributed by atoms with Gasteiger partial charge in [-0.25, -0.2) is 4.79 Å². The number of thioether (sulfide) groups is 1. The number of amides is 1. The summed E-state index contributed by atoms with van der Waals surface area (Å²) in [7, 11) is 0. The maximum absolute atomic E-state index is 12.7. The van der Waals surface area contributed by atoms with Crippen molar-refractivity contribution in [2.24, 2.45) is 0 Å². The van der Waals surface area contributed by atoms with Crippen LogP contribution in [0.3, 0.4) is 0 Å². The van der Waals surface area contributed by atoms with Crippen LogP contribution in [0.5, 0.6) is 0 Å². The van der Waals surface area contributed by atoms with Gasteiger partial charge in [0.15, 0.2) is 6.10 Å². The molecule has 0 aliphatic carbocycles. The smallest absolute Gasteiger partial charge is 0.330 e. The summed E-state index contributed by atoms with van der Waals surface area (Å²) >= 11 is 1.56. The number of unbranched alkanes of at least 4 members (excludes halogenated alkanes) is 1. The number of hydrogen-bond acceptors (Lipinski definition) is 7. The molecule has 2 aliphatic rings. The first-order valence-electron chi connectivity index (χ1n) is 9.28. The number of esters is 1. The lowest BCUT2D eigenvalue weighted by Gasteiger charge is -2.43. The highest BCUT2D eigenvalue weighted by Gasteiger charge is 2.64. The normalized spacial score (nSPS) is 25.2. The molecule has 1 amide bonds. The van der Waals surface area contributed by atoms with Crippen molar-refractivity contribution in [2.75, 3.05) is 6.61 Å². The Morgan fingerprint density at radius 2 is 2.00 bits per heavy atom. The van der Waals surface area contributed by atoms with Gasteiger partial charge in [0.2, 0.25) is 0 Å². The Kier molecular flexibility index (Phi) is 5.95. The highest BCUT2D eigenvalue weighted by Crippen LogP contribution is 2.51. The topological polar surface area (TPSA) is 99.0 Å². The molecule has 152 valence electrons. The van der Waals surface area contributed by atoms with Crippen molar-refractivity contribution in [1.82, 2.24) is 4.90 Å². The molecule has 9 heteroatoms. The van der Waals surface area contributed by atoms with Crippen molar-refractivity contribution in [2.45, 2.75) is 62.5 Å². The Bertz CT molecular complexity index is 766. The predicted octanol–water partition coefficient (Wildman–Crippen LogP) is 2.89. The van der Waals surface area contributed by atoms with Crippen LogP contribution in [0.1, 0.15) is 39.2 Å². The second-order valence-electron chi connectivity index (χ2n) is 7.44. The first kappa shape index (κ1) is 20.6. The van der Waals surface area contributed by atoms with Gasteiger partial charge >= 0.3 is 5.97 Å². The minimum absolute atomic E-state index is 0.00278. The third kappa shape index (κ3) is 3.86. The third-order valence-electron chi connectivity index (χ3n) is 4.94. The zero-order valence-corrected chi connectivity index (χ0v) is 16.9. The Morgan fingerprint density at radius 3 is 2.61 bits per heavy atom. The van der Waals surface area contributed by atoms with Gasteiger partial charge in [0.25, 0.3) is 11.6 Å². The number of nitro groups is 1. The second kappa shape index (κ2) is 8.08. The van der Waals surface area contributed by atoms with Crippen LogP contribution in [0.25, 0.3) is 0 Å². The molecule has 0 N–H and O–H groups in total. The molecule has 3 atom stereocenters. The van der Waals surface area contributed by atoms with Gasteiger partial charge < -0.3 is 14.4 Å². The fraction of sp³-hybridized carbons (Fsp3) is 0.579. The van der Waals surface area contributed by atoms with E-state index >= 15 is 0 Å². The average molecular weight is 408 g/mol. The van der Waals surface area contributed by atoms with Crippen LogP contribution in [-0.4, -0.2) is 50.6 Å². The van der Waals surface area contributed by atoms with Gasteiger partial charge in [0.05, 0.1) is 4.92 Å². The summed E-state index contributed by atoms with van der Waals surface area (Å²) in [5.41, 5.74) is 0.626. The summed E-state index contributed by atoms with van der Waals surface area (Å²) < 4.78 is 10.6. The summed E-state index contributed by atoms with van der Waals surface area (Å²) in [5, 5.41) is 10.5. The maximum Gasteiger partial charge on any atom is 0.330 e. The first-order chi connectivity index (χ1) is 13.3. The molecule has 0 aromatic heterocycles. The van der Waals surface area contributed by atoms with E-state index in [4.69, 9.17) is 9.47 Å². The van der Waals surface area contributed by atoms with E-state index in [1.807, 2.05) is 13.8 Å². The van der Waals surface area contributed by atoms with Crippen LogP contribution in [0.4, 0.5) is 5.69 Å². The lowest BCUT2D eigenvalue weighted by Crippen LogP contribution is -2.66. The lowest BCUT2D eigenvalue weighted by molar-refractivity contribution is -0.384. The largest absolute Gasteiger partial charge is 0.459 e. The van der Waals surface area contributed by atoms with Gasteiger partial charge in [-0.1, -0.05) is 13.3 Å². The number of ether oxygens (including phenoxy) is 2. The zero-order valence-electron chi connectivity index (χ0n) is 16.1. The van der Waals surface area contributed by atoms with E-state index in [0.717, 1.165) is 12.8 Å². The number of hydrogen-bond donors (Lipinski definition) is 0. The minimum Gasteiger partial charge on any atom is -0.459 e. The summed E-state index contributed by atoms with van der Waals surface area (Å²) in [6.07, 6.45) is 1.39. The van der Waals surface area contributed by atoms with E-state index in [2.05, 4.69) is 6.92 Å². The zero-order chi connectivity index (χ0) is 20.5. The molecule has 2 fully saturated rings. The number of non-ortho nitro benzene ring substituents is 1. The Balaban J connectivity index is 1.61. The fourth-order valence-electron chi connectivity index (χ4n) is 3.41. The molecule has 0 unspecified atom stereocenters. The molecule has 8 nitrogen and oxygen atoms in total. The monoisotopic (exact) mass is 408 g/mol. The molecule has 0 radical (unpaired) electrons. The van der Waals surface area contributed by atoms with Gasteiger partial charge in [0, 0.05) is 23.5 Å². The molecule has 0 saturated carbocycles. The fourth-order valence-corrected chi connectivity index (χ4v) is 5.03.